The van der Waals surface area contributed by atoms with Gasteiger partial charge in [0.15, 0.2) is 5.79 Å². The topological polar surface area (TPSA) is 158 Å². The van der Waals surface area contributed by atoms with Gasteiger partial charge in [-0.1, -0.05) is 62.3 Å². The minimum atomic E-state index is -1.57. The number of aliphatic hydroxyl groups is 2. The Morgan fingerprint density at radius 3 is 2.09 bits per heavy atom. The Morgan fingerprint density at radius 2 is 1.50 bits per heavy atom. The summed E-state index contributed by atoms with van der Waals surface area (Å²) in [5.74, 6) is -6.49. The lowest BCUT2D eigenvalue weighted by atomic mass is 9.72. The van der Waals surface area contributed by atoms with Crippen molar-refractivity contribution in [2.24, 2.45) is 47.3 Å². The molecule has 3 N–H and O–H groups in total. The molecule has 0 aromatic heterocycles. The first-order chi connectivity index (χ1) is 25.2. The zero-order chi connectivity index (χ0) is 40.1. The van der Waals surface area contributed by atoms with Crippen molar-refractivity contribution in [2.45, 2.75) is 193 Å². The van der Waals surface area contributed by atoms with Crippen LogP contribution < -0.4 is 0 Å². The second-order valence-electron chi connectivity index (χ2n) is 18.3. The van der Waals surface area contributed by atoms with Crippen molar-refractivity contribution >= 4 is 17.5 Å². The molecule has 0 radical (unpaired) electrons. The number of hydrogen-bond donors (Lipinski definition) is 3. The smallest absolute Gasteiger partial charge is 0.309 e. The van der Waals surface area contributed by atoms with Crippen LogP contribution in [0.5, 0.6) is 0 Å². The average Bonchev–Trinajstić information content (AvgIpc) is 3.47. The van der Waals surface area contributed by atoms with E-state index in [0.717, 1.165) is 6.42 Å². The van der Waals surface area contributed by atoms with Crippen molar-refractivity contribution in [2.75, 3.05) is 0 Å². The quantitative estimate of drug-likeness (QED) is 0.196. The highest BCUT2D eigenvalue weighted by Crippen LogP contribution is 2.53. The average molecular weight is 763 g/mol. The first-order valence-corrected chi connectivity index (χ1v) is 21.0. The van der Waals surface area contributed by atoms with E-state index in [4.69, 9.17) is 23.7 Å². The Morgan fingerprint density at radius 1 is 0.870 bits per heavy atom. The van der Waals surface area contributed by atoms with Gasteiger partial charge in [0.05, 0.1) is 53.7 Å². The number of rotatable bonds is 12. The Balaban J connectivity index is 1.32. The van der Waals surface area contributed by atoms with Crippen molar-refractivity contribution in [1.29, 1.82) is 0 Å². The van der Waals surface area contributed by atoms with E-state index < -0.39 is 76.8 Å². The molecule has 11 nitrogen and oxygen atoms in total. The van der Waals surface area contributed by atoms with Gasteiger partial charge in [-0.05, 0) is 95.1 Å². The van der Waals surface area contributed by atoms with Gasteiger partial charge < -0.3 is 39.0 Å². The van der Waals surface area contributed by atoms with E-state index in [1.165, 1.54) is 6.08 Å². The van der Waals surface area contributed by atoms with Crippen LogP contribution in [-0.2, 0) is 38.1 Å². The third-order valence-corrected chi connectivity index (χ3v) is 14.6. The molecule has 18 atom stereocenters. The van der Waals surface area contributed by atoms with Gasteiger partial charge in [0.2, 0.25) is 11.6 Å². The summed E-state index contributed by atoms with van der Waals surface area (Å²) in [7, 11) is 0. The standard InChI is InChI=1S/C43H70O11/c1-12-30(35(46)27(8)34(45)28(9)36-23(4)21-24(5)37(51-36)31(13-2)39(47)48)38-25(6)22-26(7)42(52-38)18-15-32(44)43(54-42)20-19-40(11,53-43)33-16-17-41(49,14-3)29(10)50-33/h15,18,23-31,33-34,36-38,45,49H,12-14,16-17,19-22H2,1-11H3,(H,47,48)/t23?,24-,25-,26+,27-,28-,29-,30?,31?,33+,34?,36+,37+,38?,40-,41+,42-,43-/m0/s1. The highest BCUT2D eigenvalue weighted by Gasteiger charge is 2.63. The number of ether oxygens (including phenoxy) is 5. The monoisotopic (exact) mass is 762 g/mol. The molecule has 5 rings (SSSR count). The van der Waals surface area contributed by atoms with E-state index in [1.54, 1.807) is 13.0 Å². The number of carbonyl (C=O) groups excluding carboxylic acids is 2. The fourth-order valence-electron chi connectivity index (χ4n) is 10.8. The molecule has 0 amide bonds. The largest absolute Gasteiger partial charge is 0.481 e. The van der Waals surface area contributed by atoms with Crippen LogP contribution in [0.2, 0.25) is 0 Å². The maximum absolute atomic E-state index is 14.5. The van der Waals surface area contributed by atoms with Crippen LogP contribution >= 0.6 is 0 Å². The molecule has 5 unspecified atom stereocenters. The second-order valence-corrected chi connectivity index (χ2v) is 18.3. The number of aliphatic carboxylic acids is 1. The van der Waals surface area contributed by atoms with Gasteiger partial charge in [-0.3, -0.25) is 14.4 Å². The molecule has 0 aromatic rings. The first-order valence-electron chi connectivity index (χ1n) is 21.0. The van der Waals surface area contributed by atoms with E-state index in [2.05, 4.69) is 13.8 Å². The molecule has 0 bridgehead atoms. The van der Waals surface area contributed by atoms with Crippen LogP contribution in [0.4, 0.5) is 0 Å². The maximum atomic E-state index is 14.5. The lowest BCUT2D eigenvalue weighted by Crippen LogP contribution is -2.62. The highest BCUT2D eigenvalue weighted by molar-refractivity contribution is 5.97. The minimum absolute atomic E-state index is 0.0120. The summed E-state index contributed by atoms with van der Waals surface area (Å²) in [5.41, 5.74) is -1.71. The summed E-state index contributed by atoms with van der Waals surface area (Å²) in [4.78, 5) is 40.2. The molecule has 308 valence electrons. The number of hydrogen-bond acceptors (Lipinski definition) is 10. The summed E-state index contributed by atoms with van der Waals surface area (Å²) in [6.45, 7) is 21.5. The Hall–Kier alpha value is -1.73. The molecule has 0 saturated carbocycles. The molecule has 54 heavy (non-hydrogen) atoms. The van der Waals surface area contributed by atoms with Crippen molar-refractivity contribution in [1.82, 2.24) is 0 Å². The van der Waals surface area contributed by atoms with Crippen molar-refractivity contribution < 1.29 is 53.4 Å². The van der Waals surface area contributed by atoms with Gasteiger partial charge in [-0.15, -0.1) is 0 Å². The fourth-order valence-corrected chi connectivity index (χ4v) is 10.8. The number of ketones is 2. The predicted molar refractivity (Wildman–Crippen MR) is 202 cm³/mol. The zero-order valence-electron chi connectivity index (χ0n) is 34.7. The predicted octanol–water partition coefficient (Wildman–Crippen LogP) is 6.64. The number of carboxylic acid groups (broad SMARTS) is 1. The lowest BCUT2D eigenvalue weighted by Gasteiger charge is -2.53. The normalized spacial score (nSPS) is 45.6. The molecule has 2 spiro atoms. The number of aliphatic hydroxyl groups excluding tert-OH is 1. The van der Waals surface area contributed by atoms with Crippen molar-refractivity contribution in [3.63, 3.8) is 0 Å². The lowest BCUT2D eigenvalue weighted by molar-refractivity contribution is -0.378. The minimum Gasteiger partial charge on any atom is -0.481 e. The molecule has 5 heterocycles. The second kappa shape index (κ2) is 16.3. The van der Waals surface area contributed by atoms with E-state index in [9.17, 15) is 29.7 Å². The molecule has 5 aliphatic rings. The summed E-state index contributed by atoms with van der Waals surface area (Å²) in [6, 6.07) is 0. The van der Waals surface area contributed by atoms with Crippen LogP contribution in [0.1, 0.15) is 134 Å². The summed E-state index contributed by atoms with van der Waals surface area (Å²) in [5, 5.41) is 32.7. The van der Waals surface area contributed by atoms with Crippen LogP contribution in [0.25, 0.3) is 0 Å². The van der Waals surface area contributed by atoms with Crippen molar-refractivity contribution in [3.8, 4) is 0 Å². The molecule has 0 aromatic carbocycles. The van der Waals surface area contributed by atoms with Gasteiger partial charge in [-0.25, -0.2) is 0 Å². The third kappa shape index (κ3) is 7.78. The van der Waals surface area contributed by atoms with Crippen LogP contribution in [0.15, 0.2) is 12.2 Å². The molecule has 4 saturated heterocycles. The van der Waals surface area contributed by atoms with Crippen molar-refractivity contribution in [3.05, 3.63) is 12.2 Å². The third-order valence-electron chi connectivity index (χ3n) is 14.6. The molecular weight excluding hydrogens is 692 g/mol. The van der Waals surface area contributed by atoms with E-state index in [1.807, 2.05) is 55.4 Å². The molecule has 0 aliphatic carbocycles. The summed E-state index contributed by atoms with van der Waals surface area (Å²) in [6.07, 6.45) is 5.09. The number of Topliss-reactive ketones (excluding diaryl/α,β-unsaturated/α-hetero) is 1. The van der Waals surface area contributed by atoms with E-state index >= 15 is 0 Å². The Labute approximate surface area is 323 Å². The first kappa shape index (κ1) is 43.4. The number of carbonyl (C=O) groups is 3. The van der Waals surface area contributed by atoms with Gasteiger partial charge in [0.1, 0.15) is 5.78 Å². The van der Waals surface area contributed by atoms with Gasteiger partial charge in [0.25, 0.3) is 0 Å². The molecule has 4 fully saturated rings. The van der Waals surface area contributed by atoms with E-state index in [0.29, 0.717) is 51.4 Å². The van der Waals surface area contributed by atoms with Gasteiger partial charge in [0, 0.05) is 30.1 Å². The zero-order valence-corrected chi connectivity index (χ0v) is 34.7. The Kier molecular flexibility index (Phi) is 13.1. The fraction of sp³-hybridized carbons (Fsp3) is 0.884. The maximum Gasteiger partial charge on any atom is 0.309 e. The molecular formula is C43H70O11. The van der Waals surface area contributed by atoms with E-state index in [-0.39, 0.29) is 47.4 Å². The summed E-state index contributed by atoms with van der Waals surface area (Å²) < 4.78 is 33.3. The number of carboxylic acids is 1. The summed E-state index contributed by atoms with van der Waals surface area (Å²) >= 11 is 0. The molecule has 11 heteroatoms. The van der Waals surface area contributed by atoms with Crippen LogP contribution in [-0.4, -0.2) is 92.3 Å². The van der Waals surface area contributed by atoms with Crippen LogP contribution in [0.3, 0.4) is 0 Å². The highest BCUT2D eigenvalue weighted by atomic mass is 16.8. The molecule has 5 aliphatic heterocycles. The van der Waals surface area contributed by atoms with Crippen LogP contribution in [0, 0.1) is 47.3 Å². The van der Waals surface area contributed by atoms with Gasteiger partial charge in [-0.2, -0.15) is 0 Å². The Bertz CT molecular complexity index is 1400. The van der Waals surface area contributed by atoms with Gasteiger partial charge >= 0.3 is 5.97 Å². The SMILES string of the molecule is CCC(C(=O)[C@@H](C)C(O)[C@H](C)[C@@H]1O[C@@H](C(CC)C(=O)O)[C@@H](C)CC1C)C1O[C@]2(C=CC(=O)[C@]3(CC[C@@](C)([C@H]4CC[C@](O)(CC)[C@H](C)O4)O3)O2)[C@H](C)C[C@@H]1C.